The van der Waals surface area contributed by atoms with Crippen LogP contribution in [-0.4, -0.2) is 45.9 Å². The molecule has 1 saturated heterocycles. The van der Waals surface area contributed by atoms with E-state index < -0.39 is 10.0 Å². The van der Waals surface area contributed by atoms with Crippen LogP contribution < -0.4 is 14.8 Å². The van der Waals surface area contributed by atoms with Crippen molar-refractivity contribution in [2.45, 2.75) is 30.7 Å². The van der Waals surface area contributed by atoms with Crippen molar-refractivity contribution < 1.29 is 22.7 Å². The van der Waals surface area contributed by atoms with Crippen LogP contribution in [0, 0.1) is 0 Å². The molecule has 1 N–H and O–H groups in total. The van der Waals surface area contributed by atoms with Crippen LogP contribution in [0.25, 0.3) is 0 Å². The molecule has 1 aliphatic heterocycles. The number of rotatable bonds is 7. The van der Waals surface area contributed by atoms with Gasteiger partial charge in [0.25, 0.3) is 5.91 Å². The van der Waals surface area contributed by atoms with E-state index in [2.05, 4.69) is 5.32 Å². The van der Waals surface area contributed by atoms with Gasteiger partial charge < -0.3 is 14.8 Å². The number of hydrogen-bond donors (Lipinski definition) is 1. The minimum Gasteiger partial charge on any atom is -0.497 e. The zero-order valence-electron chi connectivity index (χ0n) is 16.8. The minimum atomic E-state index is -3.49. The normalized spacial score (nSPS) is 15.7. The molecule has 3 rings (SSSR count). The minimum absolute atomic E-state index is 0.207. The SMILES string of the molecule is COc1ccc(OC)c([C@@H](C)NC(=O)c2ccc(S(=O)(=O)N3CCCC3)cc2)c1. The second kappa shape index (κ2) is 8.84. The van der Waals surface area contributed by atoms with E-state index >= 15 is 0 Å². The lowest BCUT2D eigenvalue weighted by molar-refractivity contribution is 0.0939. The maximum absolute atomic E-state index is 12.7. The van der Waals surface area contributed by atoms with Gasteiger partial charge in [0.1, 0.15) is 11.5 Å². The maximum atomic E-state index is 12.7. The van der Waals surface area contributed by atoms with E-state index in [4.69, 9.17) is 9.47 Å². The van der Waals surface area contributed by atoms with E-state index in [1.165, 1.54) is 28.6 Å². The van der Waals surface area contributed by atoms with Crippen molar-refractivity contribution in [2.75, 3.05) is 27.3 Å². The summed E-state index contributed by atoms with van der Waals surface area (Å²) in [7, 11) is -0.348. The molecule has 2 aromatic carbocycles. The van der Waals surface area contributed by atoms with E-state index in [-0.39, 0.29) is 16.8 Å². The fraction of sp³-hybridized carbons (Fsp3) is 0.381. The van der Waals surface area contributed by atoms with E-state index in [1.807, 2.05) is 13.0 Å². The first-order valence-electron chi connectivity index (χ1n) is 9.50. The average Bonchev–Trinajstić information content (AvgIpc) is 3.29. The van der Waals surface area contributed by atoms with Crippen LogP contribution in [0.1, 0.15) is 41.7 Å². The summed E-state index contributed by atoms with van der Waals surface area (Å²) in [4.78, 5) is 12.9. The molecule has 0 unspecified atom stereocenters. The standard InChI is InChI=1S/C21H26N2O5S/c1-15(19-14-17(27-2)8-11-20(19)28-3)22-21(24)16-6-9-18(10-7-16)29(25,26)23-12-4-5-13-23/h6-11,14-15H,4-5,12-13H2,1-3H3,(H,22,24)/t15-/m1/s1. The number of benzene rings is 2. The predicted molar refractivity (Wildman–Crippen MR) is 110 cm³/mol. The van der Waals surface area contributed by atoms with Crippen molar-refractivity contribution in [3.8, 4) is 11.5 Å². The lowest BCUT2D eigenvalue weighted by Crippen LogP contribution is -2.28. The largest absolute Gasteiger partial charge is 0.497 e. The highest BCUT2D eigenvalue weighted by molar-refractivity contribution is 7.89. The Bertz CT molecular complexity index is 967. The molecule has 7 nitrogen and oxygen atoms in total. The first kappa shape index (κ1) is 21.1. The third-order valence-corrected chi connectivity index (χ3v) is 6.98. The first-order chi connectivity index (χ1) is 13.9. The van der Waals surface area contributed by atoms with Gasteiger partial charge in [-0.25, -0.2) is 8.42 Å². The molecule has 0 bridgehead atoms. The van der Waals surface area contributed by atoms with Crippen molar-refractivity contribution in [2.24, 2.45) is 0 Å². The molecule has 1 heterocycles. The van der Waals surface area contributed by atoms with Gasteiger partial charge in [0.15, 0.2) is 0 Å². The number of nitrogens with zero attached hydrogens (tertiary/aromatic N) is 1. The van der Waals surface area contributed by atoms with Crippen LogP contribution in [-0.2, 0) is 10.0 Å². The van der Waals surface area contributed by atoms with Crippen molar-refractivity contribution in [3.05, 3.63) is 53.6 Å². The third-order valence-electron chi connectivity index (χ3n) is 5.07. The summed E-state index contributed by atoms with van der Waals surface area (Å²) in [5, 5.41) is 2.92. The van der Waals surface area contributed by atoms with Crippen molar-refractivity contribution >= 4 is 15.9 Å². The summed E-state index contributed by atoms with van der Waals surface area (Å²) >= 11 is 0. The Labute approximate surface area is 171 Å². The predicted octanol–water partition coefficient (Wildman–Crippen LogP) is 2.98. The van der Waals surface area contributed by atoms with Crippen molar-refractivity contribution in [1.82, 2.24) is 9.62 Å². The van der Waals surface area contributed by atoms with Gasteiger partial charge in [0.2, 0.25) is 10.0 Å². The number of sulfonamides is 1. The molecule has 0 spiro atoms. The number of nitrogens with one attached hydrogen (secondary N) is 1. The van der Waals surface area contributed by atoms with Crippen molar-refractivity contribution in [3.63, 3.8) is 0 Å². The quantitative estimate of drug-likeness (QED) is 0.747. The molecule has 0 aliphatic carbocycles. The molecule has 1 aliphatic rings. The summed E-state index contributed by atoms with van der Waals surface area (Å²) in [5.41, 5.74) is 1.17. The van der Waals surface area contributed by atoms with Crippen LogP contribution in [0.15, 0.2) is 47.4 Å². The highest BCUT2D eigenvalue weighted by Gasteiger charge is 2.27. The van der Waals surface area contributed by atoms with E-state index in [0.29, 0.717) is 30.2 Å². The highest BCUT2D eigenvalue weighted by atomic mass is 32.2. The molecule has 29 heavy (non-hydrogen) atoms. The average molecular weight is 419 g/mol. The molecule has 8 heteroatoms. The second-order valence-electron chi connectivity index (χ2n) is 6.94. The summed E-state index contributed by atoms with van der Waals surface area (Å²) < 4.78 is 37.3. The number of methoxy groups -OCH3 is 2. The fourth-order valence-corrected chi connectivity index (χ4v) is 4.91. The molecular formula is C21H26N2O5S. The molecule has 156 valence electrons. The molecule has 1 fully saturated rings. The van der Waals surface area contributed by atoms with Gasteiger partial charge in [-0.15, -0.1) is 0 Å². The molecule has 1 amide bonds. The van der Waals surface area contributed by atoms with Gasteiger partial charge >= 0.3 is 0 Å². The van der Waals surface area contributed by atoms with Gasteiger partial charge in [-0.3, -0.25) is 4.79 Å². The number of hydrogen-bond acceptors (Lipinski definition) is 5. The smallest absolute Gasteiger partial charge is 0.251 e. The van der Waals surface area contributed by atoms with Crippen LogP contribution in [0.3, 0.4) is 0 Å². The van der Waals surface area contributed by atoms with E-state index in [9.17, 15) is 13.2 Å². The lowest BCUT2D eigenvalue weighted by Gasteiger charge is -2.19. The Morgan fingerprint density at radius 2 is 1.69 bits per heavy atom. The third kappa shape index (κ3) is 4.54. The monoisotopic (exact) mass is 418 g/mol. The number of ether oxygens (including phenoxy) is 2. The Morgan fingerprint density at radius 1 is 1.03 bits per heavy atom. The van der Waals surface area contributed by atoms with Crippen molar-refractivity contribution in [1.29, 1.82) is 0 Å². The summed E-state index contributed by atoms with van der Waals surface area (Å²) in [5.74, 6) is 1.01. The van der Waals surface area contributed by atoms with Gasteiger partial charge in [-0.05, 0) is 62.2 Å². The van der Waals surface area contributed by atoms with E-state index in [0.717, 1.165) is 18.4 Å². The molecule has 1 atom stereocenters. The van der Waals surface area contributed by atoms with Gasteiger partial charge in [-0.1, -0.05) is 0 Å². The number of amides is 1. The van der Waals surface area contributed by atoms with E-state index in [1.54, 1.807) is 26.4 Å². The van der Waals surface area contributed by atoms with Crippen LogP contribution >= 0.6 is 0 Å². The molecule has 2 aromatic rings. The Balaban J connectivity index is 1.74. The Kier molecular flexibility index (Phi) is 6.44. The Morgan fingerprint density at radius 3 is 2.28 bits per heavy atom. The van der Waals surface area contributed by atoms with Gasteiger partial charge in [0.05, 0.1) is 25.2 Å². The fourth-order valence-electron chi connectivity index (χ4n) is 3.39. The van der Waals surface area contributed by atoms with Crippen LogP contribution in [0.4, 0.5) is 0 Å². The number of carbonyl (C=O) groups excluding carboxylic acids is 1. The van der Waals surface area contributed by atoms with Crippen LogP contribution in [0.5, 0.6) is 11.5 Å². The molecule has 0 radical (unpaired) electrons. The summed E-state index contributed by atoms with van der Waals surface area (Å²) in [6.07, 6.45) is 1.76. The first-order valence-corrected chi connectivity index (χ1v) is 10.9. The maximum Gasteiger partial charge on any atom is 0.251 e. The summed E-state index contributed by atoms with van der Waals surface area (Å²) in [6, 6.07) is 11.1. The van der Waals surface area contributed by atoms with Crippen LogP contribution in [0.2, 0.25) is 0 Å². The zero-order valence-corrected chi connectivity index (χ0v) is 17.7. The molecular weight excluding hydrogens is 392 g/mol. The van der Waals surface area contributed by atoms with Gasteiger partial charge in [-0.2, -0.15) is 4.31 Å². The zero-order chi connectivity index (χ0) is 21.0. The number of carbonyl (C=O) groups is 1. The molecule has 0 aromatic heterocycles. The highest BCUT2D eigenvalue weighted by Crippen LogP contribution is 2.29. The Hall–Kier alpha value is -2.58. The molecule has 0 saturated carbocycles. The summed E-state index contributed by atoms with van der Waals surface area (Å²) in [6.45, 7) is 2.94. The van der Waals surface area contributed by atoms with Gasteiger partial charge in [0, 0.05) is 24.2 Å². The topological polar surface area (TPSA) is 84.9 Å². The second-order valence-corrected chi connectivity index (χ2v) is 8.88. The lowest BCUT2D eigenvalue weighted by atomic mass is 10.1.